The topological polar surface area (TPSA) is 24.5 Å². The molecule has 2 atom stereocenters. The third kappa shape index (κ3) is 2.92. The lowest BCUT2D eigenvalue weighted by molar-refractivity contribution is -0.0281. The van der Waals surface area contributed by atoms with E-state index in [2.05, 4.69) is 31.0 Å². The minimum atomic E-state index is 0.278. The minimum absolute atomic E-state index is 0.278. The van der Waals surface area contributed by atoms with Crippen LogP contribution in [0.25, 0.3) is 0 Å². The van der Waals surface area contributed by atoms with Crippen LogP contribution in [0.1, 0.15) is 33.6 Å². The summed E-state index contributed by atoms with van der Waals surface area (Å²) >= 11 is 0. The zero-order chi connectivity index (χ0) is 10.9. The first-order valence-electron chi connectivity index (χ1n) is 6.17. The van der Waals surface area contributed by atoms with Crippen molar-refractivity contribution in [3.05, 3.63) is 0 Å². The smallest absolute Gasteiger partial charge is 0.0561 e. The van der Waals surface area contributed by atoms with Crippen LogP contribution in [-0.4, -0.2) is 48.8 Å². The van der Waals surface area contributed by atoms with Gasteiger partial charge in [0, 0.05) is 37.8 Å². The fourth-order valence-corrected chi connectivity index (χ4v) is 2.80. The fourth-order valence-electron chi connectivity index (χ4n) is 2.80. The van der Waals surface area contributed by atoms with Gasteiger partial charge in [0.25, 0.3) is 0 Å². The monoisotopic (exact) mass is 212 g/mol. The van der Waals surface area contributed by atoms with E-state index in [1.165, 1.54) is 25.9 Å². The van der Waals surface area contributed by atoms with Gasteiger partial charge in [-0.2, -0.15) is 0 Å². The van der Waals surface area contributed by atoms with Crippen molar-refractivity contribution in [2.45, 2.75) is 51.3 Å². The largest absolute Gasteiger partial charge is 0.378 e. The summed E-state index contributed by atoms with van der Waals surface area (Å²) in [7, 11) is 0. The summed E-state index contributed by atoms with van der Waals surface area (Å²) in [6.07, 6.45) is 2.86. The highest BCUT2D eigenvalue weighted by Gasteiger charge is 2.32. The van der Waals surface area contributed by atoms with Crippen LogP contribution in [0.2, 0.25) is 0 Å². The highest BCUT2D eigenvalue weighted by Crippen LogP contribution is 2.22. The van der Waals surface area contributed by atoms with Crippen LogP contribution in [0, 0.1) is 0 Å². The molecule has 2 fully saturated rings. The third-order valence-corrected chi connectivity index (χ3v) is 3.57. The van der Waals surface area contributed by atoms with Crippen LogP contribution in [0.5, 0.6) is 0 Å². The molecule has 2 aliphatic rings. The minimum Gasteiger partial charge on any atom is -0.378 e. The van der Waals surface area contributed by atoms with Gasteiger partial charge < -0.3 is 10.1 Å². The second-order valence-corrected chi connectivity index (χ2v) is 5.64. The van der Waals surface area contributed by atoms with Crippen LogP contribution in [0.15, 0.2) is 0 Å². The van der Waals surface area contributed by atoms with E-state index in [1.54, 1.807) is 0 Å². The molecule has 0 spiro atoms. The quantitative estimate of drug-likeness (QED) is 0.708. The van der Waals surface area contributed by atoms with Crippen molar-refractivity contribution < 1.29 is 4.74 Å². The van der Waals surface area contributed by atoms with Crippen molar-refractivity contribution in [3.63, 3.8) is 0 Å². The molecule has 2 saturated heterocycles. The SMILES string of the molecule is CC1CC(N2CCNC(C)(C)C2)CCO1. The van der Waals surface area contributed by atoms with Crippen molar-refractivity contribution in [2.75, 3.05) is 26.2 Å². The number of nitrogens with zero attached hydrogens (tertiary/aromatic N) is 1. The first-order chi connectivity index (χ1) is 7.07. The maximum atomic E-state index is 5.61. The summed E-state index contributed by atoms with van der Waals surface area (Å²) in [4.78, 5) is 2.65. The Labute approximate surface area is 93.2 Å². The number of nitrogens with one attached hydrogen (secondary N) is 1. The van der Waals surface area contributed by atoms with Crippen molar-refractivity contribution in [3.8, 4) is 0 Å². The third-order valence-electron chi connectivity index (χ3n) is 3.57. The molecule has 0 radical (unpaired) electrons. The highest BCUT2D eigenvalue weighted by molar-refractivity contribution is 4.90. The van der Waals surface area contributed by atoms with Crippen molar-refractivity contribution in [1.29, 1.82) is 0 Å². The second kappa shape index (κ2) is 4.40. The number of ether oxygens (including phenoxy) is 1. The molecule has 0 aromatic heterocycles. The summed E-state index contributed by atoms with van der Waals surface area (Å²) in [5, 5.41) is 3.57. The molecule has 1 N–H and O–H groups in total. The normalized spacial score (nSPS) is 37.8. The molecule has 0 aromatic rings. The number of hydrogen-bond donors (Lipinski definition) is 1. The van der Waals surface area contributed by atoms with Gasteiger partial charge >= 0.3 is 0 Å². The Hall–Kier alpha value is -0.120. The predicted molar refractivity (Wildman–Crippen MR) is 62.1 cm³/mol. The molecule has 0 bridgehead atoms. The van der Waals surface area contributed by atoms with E-state index in [4.69, 9.17) is 4.74 Å². The van der Waals surface area contributed by atoms with Gasteiger partial charge in [-0.15, -0.1) is 0 Å². The zero-order valence-electron chi connectivity index (χ0n) is 10.3. The van der Waals surface area contributed by atoms with E-state index in [0.29, 0.717) is 6.10 Å². The Bertz CT molecular complexity index is 218. The van der Waals surface area contributed by atoms with E-state index >= 15 is 0 Å². The van der Waals surface area contributed by atoms with Crippen LogP contribution in [-0.2, 0) is 4.74 Å². The van der Waals surface area contributed by atoms with Crippen LogP contribution in [0.4, 0.5) is 0 Å². The molecule has 2 heterocycles. The molecule has 3 nitrogen and oxygen atoms in total. The maximum absolute atomic E-state index is 5.61. The molecule has 0 amide bonds. The van der Waals surface area contributed by atoms with Crippen LogP contribution < -0.4 is 5.32 Å². The lowest BCUT2D eigenvalue weighted by atomic mass is 9.96. The van der Waals surface area contributed by atoms with Gasteiger partial charge in [-0.3, -0.25) is 4.90 Å². The number of rotatable bonds is 1. The Balaban J connectivity index is 1.92. The molecule has 3 heteroatoms. The second-order valence-electron chi connectivity index (χ2n) is 5.64. The molecular formula is C12H24N2O. The summed E-state index contributed by atoms with van der Waals surface area (Å²) in [5.74, 6) is 0. The van der Waals surface area contributed by atoms with E-state index in [9.17, 15) is 0 Å². The van der Waals surface area contributed by atoms with Gasteiger partial charge in [-0.1, -0.05) is 0 Å². The highest BCUT2D eigenvalue weighted by atomic mass is 16.5. The van der Waals surface area contributed by atoms with Crippen molar-refractivity contribution in [2.24, 2.45) is 0 Å². The van der Waals surface area contributed by atoms with Crippen molar-refractivity contribution in [1.82, 2.24) is 10.2 Å². The summed E-state index contributed by atoms with van der Waals surface area (Å²) in [6.45, 7) is 11.2. The van der Waals surface area contributed by atoms with Crippen LogP contribution in [0.3, 0.4) is 0 Å². The Morgan fingerprint density at radius 1 is 1.40 bits per heavy atom. The van der Waals surface area contributed by atoms with Gasteiger partial charge in [0.15, 0.2) is 0 Å². The maximum Gasteiger partial charge on any atom is 0.0561 e. The van der Waals surface area contributed by atoms with E-state index in [1.807, 2.05) is 0 Å². The molecule has 15 heavy (non-hydrogen) atoms. The van der Waals surface area contributed by atoms with Gasteiger partial charge in [0.1, 0.15) is 0 Å². The van der Waals surface area contributed by atoms with Gasteiger partial charge in [-0.05, 0) is 33.6 Å². The average molecular weight is 212 g/mol. The molecule has 2 unspecified atom stereocenters. The lowest BCUT2D eigenvalue weighted by Crippen LogP contribution is -2.60. The Morgan fingerprint density at radius 3 is 2.87 bits per heavy atom. The standard InChI is InChI=1S/C12H24N2O/c1-10-8-11(4-7-15-10)14-6-5-13-12(2,3)9-14/h10-11,13H,4-9H2,1-3H3. The van der Waals surface area contributed by atoms with Gasteiger partial charge in [-0.25, -0.2) is 0 Å². The lowest BCUT2D eigenvalue weighted by Gasteiger charge is -2.45. The molecular weight excluding hydrogens is 188 g/mol. The predicted octanol–water partition coefficient (Wildman–Crippen LogP) is 1.24. The van der Waals surface area contributed by atoms with E-state index < -0.39 is 0 Å². The summed E-state index contributed by atoms with van der Waals surface area (Å²) in [5.41, 5.74) is 0.278. The van der Waals surface area contributed by atoms with Crippen molar-refractivity contribution >= 4 is 0 Å². The molecule has 0 aromatic carbocycles. The van der Waals surface area contributed by atoms with Crippen LogP contribution >= 0.6 is 0 Å². The molecule has 2 aliphatic heterocycles. The average Bonchev–Trinajstić information content (AvgIpc) is 2.16. The van der Waals surface area contributed by atoms with Gasteiger partial charge in [0.05, 0.1) is 6.10 Å². The first-order valence-corrected chi connectivity index (χ1v) is 6.17. The molecule has 0 saturated carbocycles. The fraction of sp³-hybridized carbons (Fsp3) is 1.00. The number of hydrogen-bond acceptors (Lipinski definition) is 3. The van der Waals surface area contributed by atoms with E-state index in [-0.39, 0.29) is 5.54 Å². The Morgan fingerprint density at radius 2 is 2.20 bits per heavy atom. The van der Waals surface area contributed by atoms with Gasteiger partial charge in [0.2, 0.25) is 0 Å². The summed E-state index contributed by atoms with van der Waals surface area (Å²) < 4.78 is 5.61. The molecule has 0 aliphatic carbocycles. The van der Waals surface area contributed by atoms with E-state index in [0.717, 1.165) is 19.2 Å². The number of piperazine rings is 1. The molecule has 2 rings (SSSR count). The summed E-state index contributed by atoms with van der Waals surface area (Å²) in [6, 6.07) is 0.745. The Kier molecular flexibility index (Phi) is 3.33. The zero-order valence-corrected chi connectivity index (χ0v) is 10.3. The first kappa shape index (κ1) is 11.4. The molecule has 88 valence electrons.